The molecule has 0 bridgehead atoms. The summed E-state index contributed by atoms with van der Waals surface area (Å²) >= 11 is 0. The zero-order chi connectivity index (χ0) is 15.7. The lowest BCUT2D eigenvalue weighted by Crippen LogP contribution is -2.47. The van der Waals surface area contributed by atoms with Gasteiger partial charge in [-0.2, -0.15) is 0 Å². The van der Waals surface area contributed by atoms with E-state index in [0.29, 0.717) is 17.6 Å². The first-order valence-corrected chi connectivity index (χ1v) is 9.34. The van der Waals surface area contributed by atoms with Crippen molar-refractivity contribution in [2.45, 2.75) is 98.1 Å². The first-order chi connectivity index (χ1) is 9.99. The van der Waals surface area contributed by atoms with Crippen LogP contribution < -0.4 is 5.32 Å². The highest BCUT2D eigenvalue weighted by molar-refractivity contribution is 4.89. The summed E-state index contributed by atoms with van der Waals surface area (Å²) in [6, 6.07) is 0.573. The zero-order valence-corrected chi connectivity index (χ0v) is 15.2. The summed E-state index contributed by atoms with van der Waals surface area (Å²) in [7, 11) is 0. The van der Waals surface area contributed by atoms with Crippen molar-refractivity contribution >= 4 is 0 Å². The van der Waals surface area contributed by atoms with Crippen LogP contribution in [-0.4, -0.2) is 25.3 Å². The molecule has 0 amide bonds. The molecule has 0 aromatic heterocycles. The average molecular weight is 298 g/mol. The fraction of sp³-hybridized carbons (Fsp3) is 1.00. The van der Waals surface area contributed by atoms with Gasteiger partial charge in [-0.1, -0.05) is 60.3 Å². The molecule has 3 atom stereocenters. The standard InChI is InChI=1S/C19H39NO/c1-6-8-9-10-11-14-21-18-15-16(19(3,4)5)12-13-17(18)20-7-2/h16-18,20H,6-15H2,1-5H3. The van der Waals surface area contributed by atoms with Crippen LogP contribution in [0.5, 0.6) is 0 Å². The minimum Gasteiger partial charge on any atom is -0.377 e. The maximum atomic E-state index is 6.29. The SMILES string of the molecule is CCCCCCCOC1CC(C(C)(C)C)CCC1NCC. The van der Waals surface area contributed by atoms with E-state index in [1.54, 1.807) is 0 Å². The molecule has 3 unspecified atom stereocenters. The van der Waals surface area contributed by atoms with E-state index >= 15 is 0 Å². The van der Waals surface area contributed by atoms with E-state index in [-0.39, 0.29) is 0 Å². The molecule has 0 heterocycles. The first-order valence-electron chi connectivity index (χ1n) is 9.34. The van der Waals surface area contributed by atoms with Gasteiger partial charge in [-0.3, -0.25) is 0 Å². The predicted molar refractivity (Wildman–Crippen MR) is 92.8 cm³/mol. The van der Waals surface area contributed by atoms with Gasteiger partial charge in [-0.15, -0.1) is 0 Å². The lowest BCUT2D eigenvalue weighted by Gasteiger charge is -2.42. The third-order valence-corrected chi connectivity index (χ3v) is 5.06. The number of rotatable bonds is 9. The molecule has 2 heteroatoms. The minimum absolute atomic E-state index is 0.417. The lowest BCUT2D eigenvalue weighted by molar-refractivity contribution is -0.0286. The molecule has 21 heavy (non-hydrogen) atoms. The molecule has 1 fully saturated rings. The smallest absolute Gasteiger partial charge is 0.0730 e. The van der Waals surface area contributed by atoms with Crippen LogP contribution in [0.4, 0.5) is 0 Å². The molecule has 1 aliphatic carbocycles. The van der Waals surface area contributed by atoms with Crippen molar-refractivity contribution in [1.29, 1.82) is 0 Å². The number of hydrogen-bond donors (Lipinski definition) is 1. The molecule has 1 saturated carbocycles. The van der Waals surface area contributed by atoms with Gasteiger partial charge in [0.05, 0.1) is 6.10 Å². The van der Waals surface area contributed by atoms with Gasteiger partial charge in [0.25, 0.3) is 0 Å². The highest BCUT2D eigenvalue weighted by Gasteiger charge is 2.35. The quantitative estimate of drug-likeness (QED) is 0.593. The van der Waals surface area contributed by atoms with Crippen LogP contribution >= 0.6 is 0 Å². The number of ether oxygens (including phenoxy) is 1. The molecule has 1 aliphatic rings. The molecule has 126 valence electrons. The highest BCUT2D eigenvalue weighted by Crippen LogP contribution is 2.38. The lowest BCUT2D eigenvalue weighted by atomic mass is 9.70. The Morgan fingerprint density at radius 3 is 2.33 bits per heavy atom. The van der Waals surface area contributed by atoms with E-state index in [0.717, 1.165) is 19.1 Å². The predicted octanol–water partition coefficient (Wildman–Crippen LogP) is 5.17. The molecule has 1 N–H and O–H groups in total. The third kappa shape index (κ3) is 7.15. The molecule has 1 rings (SSSR count). The third-order valence-electron chi connectivity index (χ3n) is 5.06. The monoisotopic (exact) mass is 297 g/mol. The summed E-state index contributed by atoms with van der Waals surface area (Å²) in [5.41, 5.74) is 0.417. The Labute approximate surface area is 133 Å². The van der Waals surface area contributed by atoms with Crippen molar-refractivity contribution < 1.29 is 4.74 Å². The Balaban J connectivity index is 2.37. The Morgan fingerprint density at radius 1 is 1.00 bits per heavy atom. The van der Waals surface area contributed by atoms with Crippen molar-refractivity contribution in [3.63, 3.8) is 0 Å². The van der Waals surface area contributed by atoms with Crippen LogP contribution in [0.15, 0.2) is 0 Å². The number of unbranched alkanes of at least 4 members (excludes halogenated alkanes) is 4. The van der Waals surface area contributed by atoms with Gasteiger partial charge in [-0.05, 0) is 43.6 Å². The van der Waals surface area contributed by atoms with Crippen molar-refractivity contribution in [3.8, 4) is 0 Å². The summed E-state index contributed by atoms with van der Waals surface area (Å²) in [6.07, 6.45) is 10.9. The van der Waals surface area contributed by atoms with Crippen LogP contribution in [-0.2, 0) is 4.74 Å². The summed E-state index contributed by atoms with van der Waals surface area (Å²) in [5.74, 6) is 0.803. The molecule has 0 spiro atoms. The van der Waals surface area contributed by atoms with Gasteiger partial charge in [-0.25, -0.2) is 0 Å². The second-order valence-electron chi connectivity index (χ2n) is 7.86. The zero-order valence-electron chi connectivity index (χ0n) is 15.2. The molecule has 0 aromatic rings. The van der Waals surface area contributed by atoms with Gasteiger partial charge in [0, 0.05) is 12.6 Å². The first kappa shape index (κ1) is 19.0. The summed E-state index contributed by atoms with van der Waals surface area (Å²) in [6.45, 7) is 13.6. The number of likely N-dealkylation sites (N-methyl/N-ethyl adjacent to an activating group) is 1. The van der Waals surface area contributed by atoms with E-state index in [4.69, 9.17) is 4.74 Å². The Hall–Kier alpha value is -0.0800. The largest absolute Gasteiger partial charge is 0.377 e. The Morgan fingerprint density at radius 2 is 1.71 bits per heavy atom. The van der Waals surface area contributed by atoms with Crippen molar-refractivity contribution in [1.82, 2.24) is 5.32 Å². The van der Waals surface area contributed by atoms with Gasteiger partial charge < -0.3 is 10.1 Å². The highest BCUT2D eigenvalue weighted by atomic mass is 16.5. The molecule has 0 aromatic carbocycles. The Kier molecular flexibility index (Phi) is 8.89. The summed E-state index contributed by atoms with van der Waals surface area (Å²) in [4.78, 5) is 0. The van der Waals surface area contributed by atoms with Crippen LogP contribution in [0.25, 0.3) is 0 Å². The van der Waals surface area contributed by atoms with Gasteiger partial charge >= 0.3 is 0 Å². The topological polar surface area (TPSA) is 21.3 Å². The molecule has 0 aliphatic heterocycles. The van der Waals surface area contributed by atoms with E-state index in [1.807, 2.05) is 0 Å². The molecule has 0 radical (unpaired) electrons. The number of nitrogens with one attached hydrogen (secondary N) is 1. The van der Waals surface area contributed by atoms with Crippen molar-refractivity contribution in [2.75, 3.05) is 13.2 Å². The van der Waals surface area contributed by atoms with Crippen molar-refractivity contribution in [2.24, 2.45) is 11.3 Å². The van der Waals surface area contributed by atoms with E-state index in [2.05, 4.69) is 39.9 Å². The van der Waals surface area contributed by atoms with Crippen LogP contribution in [0, 0.1) is 11.3 Å². The van der Waals surface area contributed by atoms with Gasteiger partial charge in [0.2, 0.25) is 0 Å². The van der Waals surface area contributed by atoms with Crippen LogP contribution in [0.2, 0.25) is 0 Å². The van der Waals surface area contributed by atoms with E-state index in [9.17, 15) is 0 Å². The maximum absolute atomic E-state index is 6.29. The van der Waals surface area contributed by atoms with Gasteiger partial charge in [0.1, 0.15) is 0 Å². The second kappa shape index (κ2) is 9.84. The van der Waals surface area contributed by atoms with Crippen LogP contribution in [0.3, 0.4) is 0 Å². The number of hydrogen-bond acceptors (Lipinski definition) is 2. The molecule has 2 nitrogen and oxygen atoms in total. The fourth-order valence-electron chi connectivity index (χ4n) is 3.54. The van der Waals surface area contributed by atoms with Crippen LogP contribution in [0.1, 0.15) is 86.0 Å². The maximum Gasteiger partial charge on any atom is 0.0730 e. The van der Waals surface area contributed by atoms with E-state index in [1.165, 1.54) is 51.4 Å². The normalized spacial score (nSPS) is 27.0. The second-order valence-corrected chi connectivity index (χ2v) is 7.86. The molecular weight excluding hydrogens is 258 g/mol. The minimum atomic E-state index is 0.417. The molecular formula is C19H39NO. The fourth-order valence-corrected chi connectivity index (χ4v) is 3.54. The summed E-state index contributed by atoms with van der Waals surface area (Å²) in [5, 5.41) is 3.64. The van der Waals surface area contributed by atoms with E-state index < -0.39 is 0 Å². The van der Waals surface area contributed by atoms with Gasteiger partial charge in [0.15, 0.2) is 0 Å². The molecule has 0 saturated heterocycles. The summed E-state index contributed by atoms with van der Waals surface area (Å²) < 4.78 is 6.29. The van der Waals surface area contributed by atoms with Crippen molar-refractivity contribution in [3.05, 3.63) is 0 Å². The average Bonchev–Trinajstić information content (AvgIpc) is 2.43. The Bertz CT molecular complexity index is 259.